The molecule has 0 aromatic heterocycles. The molecule has 1 heterocycles. The molecule has 0 N–H and O–H groups in total. The number of benzene rings is 2. The zero-order chi connectivity index (χ0) is 24.7. The van der Waals surface area contributed by atoms with E-state index in [2.05, 4.69) is 31.9 Å². The molecule has 11 heteroatoms. The molecule has 1 saturated carbocycles. The second-order valence-corrected chi connectivity index (χ2v) is 11.8. The van der Waals surface area contributed by atoms with Crippen LogP contribution in [0.2, 0.25) is 15.1 Å². The summed E-state index contributed by atoms with van der Waals surface area (Å²) in [5.41, 5.74) is 0.295. The van der Waals surface area contributed by atoms with Crippen molar-refractivity contribution in [2.45, 2.75) is 22.5 Å². The number of hydrogen-bond acceptors (Lipinski definition) is 4. The van der Waals surface area contributed by atoms with E-state index in [0.717, 1.165) is 10.0 Å². The van der Waals surface area contributed by atoms with E-state index in [1.165, 1.54) is 30.3 Å². The number of amides is 3. The Morgan fingerprint density at radius 1 is 0.882 bits per heavy atom. The van der Waals surface area contributed by atoms with Crippen LogP contribution in [0.3, 0.4) is 0 Å². The van der Waals surface area contributed by atoms with Crippen molar-refractivity contribution in [3.8, 4) is 0 Å². The van der Waals surface area contributed by atoms with Crippen LogP contribution in [0.5, 0.6) is 0 Å². The van der Waals surface area contributed by atoms with Gasteiger partial charge < -0.3 is 0 Å². The van der Waals surface area contributed by atoms with Gasteiger partial charge >= 0.3 is 0 Å². The van der Waals surface area contributed by atoms with Gasteiger partial charge in [-0.05, 0) is 55.3 Å². The van der Waals surface area contributed by atoms with Gasteiger partial charge in [0, 0.05) is 25.3 Å². The van der Waals surface area contributed by atoms with Gasteiger partial charge in [-0.15, -0.1) is 0 Å². The molecule has 2 fully saturated rings. The first-order valence-corrected chi connectivity index (χ1v) is 13.3. The molecule has 1 saturated heterocycles. The minimum atomic E-state index is -0.755. The summed E-state index contributed by atoms with van der Waals surface area (Å²) in [6.07, 6.45) is 0.854. The smallest absolute Gasteiger partial charge is 0.274 e. The van der Waals surface area contributed by atoms with E-state index in [1.54, 1.807) is 12.1 Å². The maximum absolute atomic E-state index is 13.6. The fourth-order valence-corrected chi connectivity index (χ4v) is 6.07. The maximum Gasteiger partial charge on any atom is 0.274 e. The Morgan fingerprint density at radius 3 is 1.94 bits per heavy atom. The molecule has 34 heavy (non-hydrogen) atoms. The van der Waals surface area contributed by atoms with E-state index < -0.39 is 41.9 Å². The lowest BCUT2D eigenvalue weighted by Crippen LogP contribution is -2.52. The van der Waals surface area contributed by atoms with Crippen molar-refractivity contribution in [3.63, 3.8) is 0 Å². The quantitative estimate of drug-likeness (QED) is 0.233. The second kappa shape index (κ2) is 10.3. The molecule has 0 radical (unpaired) electrons. The third kappa shape index (κ3) is 4.93. The molecule has 2 aliphatic rings. The number of hydrogen-bond donors (Lipinski definition) is 0. The predicted molar refractivity (Wildman–Crippen MR) is 137 cm³/mol. The normalized spacial score (nSPS) is 24.2. The first kappa shape index (κ1) is 25.6. The third-order valence-corrected chi connectivity index (χ3v) is 9.52. The van der Waals surface area contributed by atoms with Crippen LogP contribution in [0, 0.1) is 11.8 Å². The number of carbonyl (C=O) groups is 4. The second-order valence-electron chi connectivity index (χ2n) is 8.12. The van der Waals surface area contributed by atoms with Crippen LogP contribution >= 0.6 is 66.7 Å². The van der Waals surface area contributed by atoms with E-state index in [1.807, 2.05) is 0 Å². The number of fused-ring (bicyclic) bond motifs is 1. The molecule has 3 amide bonds. The predicted octanol–water partition coefficient (Wildman–Crippen LogP) is 5.81. The summed E-state index contributed by atoms with van der Waals surface area (Å²) in [4.78, 5) is 53.4. The molecular weight excluding hydrogens is 634 g/mol. The fraction of sp³-hybridized carbons (Fsp3) is 0.304. The number of ketones is 1. The molecule has 1 aliphatic heterocycles. The average molecular weight is 652 g/mol. The molecule has 0 spiro atoms. The van der Waals surface area contributed by atoms with Crippen molar-refractivity contribution in [2.24, 2.45) is 11.8 Å². The van der Waals surface area contributed by atoms with E-state index >= 15 is 0 Å². The van der Waals surface area contributed by atoms with Gasteiger partial charge in [0.05, 0.1) is 22.4 Å². The molecule has 0 unspecified atom stereocenters. The molecule has 178 valence electrons. The molecule has 6 nitrogen and oxygen atoms in total. The molecule has 2 aromatic rings. The number of Topliss-reactive ketones (excluding diaryl/α,β-unsaturated/α-hetero) is 1. The largest absolute Gasteiger partial charge is 0.292 e. The summed E-state index contributed by atoms with van der Waals surface area (Å²) in [5, 5.41) is 2.51. The van der Waals surface area contributed by atoms with Gasteiger partial charge in [-0.2, -0.15) is 5.01 Å². The minimum absolute atomic E-state index is 0.00369. The van der Waals surface area contributed by atoms with Crippen molar-refractivity contribution in [2.75, 3.05) is 6.54 Å². The van der Waals surface area contributed by atoms with Crippen LogP contribution in [-0.4, -0.2) is 49.7 Å². The van der Waals surface area contributed by atoms with E-state index in [9.17, 15) is 19.2 Å². The van der Waals surface area contributed by atoms with Gasteiger partial charge in [0.15, 0.2) is 5.78 Å². The summed E-state index contributed by atoms with van der Waals surface area (Å²) in [7, 11) is 0. The van der Waals surface area contributed by atoms with Crippen LogP contribution in [0.25, 0.3) is 0 Å². The number of alkyl halides is 2. The number of imide groups is 1. The Labute approximate surface area is 227 Å². The van der Waals surface area contributed by atoms with Crippen molar-refractivity contribution >= 4 is 90.2 Å². The summed E-state index contributed by atoms with van der Waals surface area (Å²) in [6, 6.07) is 10.4. The highest BCUT2D eigenvalue weighted by atomic mass is 79.9. The van der Waals surface area contributed by atoms with Crippen LogP contribution in [0.1, 0.15) is 33.6 Å². The van der Waals surface area contributed by atoms with Crippen molar-refractivity contribution in [1.29, 1.82) is 0 Å². The Bertz CT molecular complexity index is 1150. The zero-order valence-electron chi connectivity index (χ0n) is 17.4. The zero-order valence-corrected chi connectivity index (χ0v) is 22.8. The van der Waals surface area contributed by atoms with Crippen molar-refractivity contribution < 1.29 is 19.2 Å². The van der Waals surface area contributed by atoms with Gasteiger partial charge in [0.25, 0.3) is 17.7 Å². The molecular formula is C23H17Br2Cl3N2O4. The van der Waals surface area contributed by atoms with Gasteiger partial charge in [-0.1, -0.05) is 66.7 Å². The monoisotopic (exact) mass is 648 g/mol. The van der Waals surface area contributed by atoms with Gasteiger partial charge in [0.2, 0.25) is 0 Å². The molecule has 2 aromatic carbocycles. The standard InChI is InChI=1S/C23H17Br2Cl3N2O4/c24-17-8-15-16(9-18(17)25)23(34)30(22(15)33)29(10-20(31)11-1-3-12(26)4-2-11)21(32)14-6-5-13(27)7-19(14)28/h1-7,15-18H,8-10H2/t15-,16+,17+,18-. The maximum atomic E-state index is 13.6. The van der Waals surface area contributed by atoms with Crippen LogP contribution < -0.4 is 0 Å². The van der Waals surface area contributed by atoms with Gasteiger partial charge in [0.1, 0.15) is 6.54 Å². The number of rotatable bonds is 5. The van der Waals surface area contributed by atoms with Gasteiger partial charge in [-0.3, -0.25) is 19.2 Å². The van der Waals surface area contributed by atoms with Crippen LogP contribution in [0.15, 0.2) is 42.5 Å². The van der Waals surface area contributed by atoms with Gasteiger partial charge in [-0.25, -0.2) is 5.01 Å². The number of hydrazine groups is 1. The topological polar surface area (TPSA) is 74.8 Å². The lowest BCUT2D eigenvalue weighted by Gasteiger charge is -2.30. The summed E-state index contributed by atoms with van der Waals surface area (Å²) >= 11 is 25.2. The van der Waals surface area contributed by atoms with E-state index in [0.29, 0.717) is 22.9 Å². The lowest BCUT2D eigenvalue weighted by atomic mass is 9.81. The third-order valence-electron chi connectivity index (χ3n) is 5.99. The SMILES string of the molecule is O=C(CN(C(=O)c1ccc(Cl)cc1Cl)N1C(=O)[C@H]2C[C@@H](Br)[C@@H](Br)C[C@H]2C1=O)c1ccc(Cl)cc1. The van der Waals surface area contributed by atoms with E-state index in [4.69, 9.17) is 34.8 Å². The number of halogens is 5. The highest BCUT2D eigenvalue weighted by Gasteiger charge is 2.54. The minimum Gasteiger partial charge on any atom is -0.292 e. The van der Waals surface area contributed by atoms with Crippen LogP contribution in [-0.2, 0) is 9.59 Å². The first-order chi connectivity index (χ1) is 16.1. The molecule has 0 bridgehead atoms. The average Bonchev–Trinajstić information content (AvgIpc) is 3.02. The Morgan fingerprint density at radius 2 is 1.41 bits per heavy atom. The van der Waals surface area contributed by atoms with Crippen LogP contribution in [0.4, 0.5) is 0 Å². The van der Waals surface area contributed by atoms with Crippen molar-refractivity contribution in [1.82, 2.24) is 10.0 Å². The highest BCUT2D eigenvalue weighted by molar-refractivity contribution is 9.12. The Balaban J connectivity index is 1.72. The summed E-state index contributed by atoms with van der Waals surface area (Å²) < 4.78 is 0. The molecule has 4 rings (SSSR count). The fourth-order valence-electron chi connectivity index (χ4n) is 4.21. The Kier molecular flexibility index (Phi) is 7.74. The highest BCUT2D eigenvalue weighted by Crippen LogP contribution is 2.44. The number of nitrogens with zero attached hydrogens (tertiary/aromatic N) is 2. The summed E-state index contributed by atoms with van der Waals surface area (Å²) in [6.45, 7) is -0.536. The lowest BCUT2D eigenvalue weighted by molar-refractivity contribution is -0.154. The van der Waals surface area contributed by atoms with E-state index in [-0.39, 0.29) is 25.8 Å². The summed E-state index contributed by atoms with van der Waals surface area (Å²) in [5.74, 6) is -3.43. The first-order valence-electron chi connectivity index (χ1n) is 10.3. The number of carbonyl (C=O) groups excluding carboxylic acids is 4. The Hall–Kier alpha value is -1.45. The molecule has 4 atom stereocenters. The molecule has 1 aliphatic carbocycles. The van der Waals surface area contributed by atoms with Crippen molar-refractivity contribution in [3.05, 3.63) is 68.7 Å².